The van der Waals surface area contributed by atoms with Gasteiger partial charge in [0.1, 0.15) is 18.3 Å². The number of hydrogen-bond donors (Lipinski definition) is 2. The largest absolute Gasteiger partial charge is 0.497 e. The van der Waals surface area contributed by atoms with Gasteiger partial charge in [0.05, 0.1) is 13.8 Å². The van der Waals surface area contributed by atoms with Crippen LogP contribution in [0, 0.1) is 0 Å². The number of carbonyl (C=O) groups excluding carboxylic acids is 3. The van der Waals surface area contributed by atoms with Crippen LogP contribution in [0.15, 0.2) is 48.5 Å². The van der Waals surface area contributed by atoms with Crippen LogP contribution in [-0.4, -0.2) is 42.9 Å². The summed E-state index contributed by atoms with van der Waals surface area (Å²) in [5, 5.41) is 5.38. The van der Waals surface area contributed by atoms with Crippen LogP contribution >= 0.6 is 0 Å². The van der Waals surface area contributed by atoms with Gasteiger partial charge in [0, 0.05) is 6.42 Å². The van der Waals surface area contributed by atoms with Gasteiger partial charge in [-0.2, -0.15) is 0 Å². The summed E-state index contributed by atoms with van der Waals surface area (Å²) in [6.45, 7) is 6.52. The van der Waals surface area contributed by atoms with Crippen molar-refractivity contribution >= 4 is 17.7 Å². The van der Waals surface area contributed by atoms with E-state index in [-0.39, 0.29) is 36.7 Å². The number of ketones is 1. The van der Waals surface area contributed by atoms with Gasteiger partial charge in [-0.05, 0) is 34.2 Å². The molecule has 1 unspecified atom stereocenters. The summed E-state index contributed by atoms with van der Waals surface area (Å²) in [5.41, 5.74) is 2.76. The highest BCUT2D eigenvalue weighted by Crippen LogP contribution is 2.24. The number of Topliss-reactive ketones (excluding diaryl/α,β-unsaturated/α-hetero) is 1. The normalized spacial score (nSPS) is 14.7. The van der Waals surface area contributed by atoms with E-state index in [4.69, 9.17) is 4.74 Å². The number of ether oxygens (including phenoxy) is 1. The third-order valence-electron chi connectivity index (χ3n) is 5.33. The minimum absolute atomic E-state index is 0.0242. The molecule has 0 radical (unpaired) electrons. The van der Waals surface area contributed by atoms with Crippen molar-refractivity contribution < 1.29 is 19.1 Å². The molecule has 1 aliphatic heterocycles. The Morgan fingerprint density at radius 2 is 1.74 bits per heavy atom. The molecule has 2 aromatic rings. The lowest BCUT2D eigenvalue weighted by molar-refractivity contribution is -0.120. The van der Waals surface area contributed by atoms with E-state index in [9.17, 15) is 14.4 Å². The van der Waals surface area contributed by atoms with E-state index in [2.05, 4.69) is 31.4 Å². The van der Waals surface area contributed by atoms with Crippen molar-refractivity contribution in [2.24, 2.45) is 0 Å². The molecular formula is C24H29N3O4. The first-order chi connectivity index (χ1) is 14.7. The predicted molar refractivity (Wildman–Crippen MR) is 118 cm³/mol. The second-order valence-electron chi connectivity index (χ2n) is 8.70. The molecule has 2 N–H and O–H groups in total. The molecule has 0 aliphatic carbocycles. The highest BCUT2D eigenvalue weighted by atomic mass is 16.5. The molecule has 1 heterocycles. The number of amides is 3. The smallest absolute Gasteiger partial charge is 0.320 e. The van der Waals surface area contributed by atoms with Crippen LogP contribution in [0.1, 0.15) is 43.5 Å². The molecule has 7 nitrogen and oxygen atoms in total. The molecule has 2 aromatic carbocycles. The van der Waals surface area contributed by atoms with Crippen molar-refractivity contribution in [3.8, 4) is 5.75 Å². The Labute approximate surface area is 182 Å². The Morgan fingerprint density at radius 3 is 2.26 bits per heavy atom. The van der Waals surface area contributed by atoms with Crippen molar-refractivity contribution in [1.82, 2.24) is 15.5 Å². The number of nitrogens with zero attached hydrogens (tertiary/aromatic N) is 1. The molecule has 1 fully saturated rings. The van der Waals surface area contributed by atoms with E-state index in [1.807, 2.05) is 24.3 Å². The molecule has 0 saturated carbocycles. The minimum atomic E-state index is -0.837. The number of carbonyl (C=O) groups is 3. The molecule has 1 saturated heterocycles. The maximum Gasteiger partial charge on any atom is 0.320 e. The second-order valence-corrected chi connectivity index (χ2v) is 8.70. The lowest BCUT2D eigenvalue weighted by Crippen LogP contribution is -2.43. The molecule has 3 rings (SSSR count). The third kappa shape index (κ3) is 5.63. The predicted octanol–water partition coefficient (Wildman–Crippen LogP) is 2.94. The summed E-state index contributed by atoms with van der Waals surface area (Å²) < 4.78 is 5.19. The van der Waals surface area contributed by atoms with Gasteiger partial charge in [-0.3, -0.25) is 14.5 Å². The van der Waals surface area contributed by atoms with E-state index in [0.717, 1.165) is 5.56 Å². The van der Waals surface area contributed by atoms with Gasteiger partial charge in [0.2, 0.25) is 5.91 Å². The summed E-state index contributed by atoms with van der Waals surface area (Å²) in [6, 6.07) is 13.7. The van der Waals surface area contributed by atoms with Crippen LogP contribution < -0.4 is 15.4 Å². The molecule has 0 spiro atoms. The van der Waals surface area contributed by atoms with E-state index in [1.54, 1.807) is 31.4 Å². The SMILES string of the molecule is COc1ccc(C(NC(=O)N2CNC(=O)C2)C(=O)Cc2ccc(C(C)(C)C)cc2)cc1. The van der Waals surface area contributed by atoms with Crippen LogP contribution in [-0.2, 0) is 21.4 Å². The highest BCUT2D eigenvalue weighted by Gasteiger charge is 2.29. The number of methoxy groups -OCH3 is 1. The highest BCUT2D eigenvalue weighted by molar-refractivity contribution is 5.93. The maximum atomic E-state index is 13.2. The average Bonchev–Trinajstić information content (AvgIpc) is 3.18. The topological polar surface area (TPSA) is 87.7 Å². The zero-order valence-electron chi connectivity index (χ0n) is 18.4. The zero-order chi connectivity index (χ0) is 22.6. The lowest BCUT2D eigenvalue weighted by Gasteiger charge is -2.22. The quantitative estimate of drug-likeness (QED) is 0.748. The van der Waals surface area contributed by atoms with Gasteiger partial charge in [-0.1, -0.05) is 57.2 Å². The molecule has 1 aliphatic rings. The van der Waals surface area contributed by atoms with Gasteiger partial charge in [0.15, 0.2) is 5.78 Å². The van der Waals surface area contributed by atoms with Crippen molar-refractivity contribution in [1.29, 1.82) is 0 Å². The zero-order valence-corrected chi connectivity index (χ0v) is 18.4. The van der Waals surface area contributed by atoms with Gasteiger partial charge >= 0.3 is 6.03 Å². The third-order valence-corrected chi connectivity index (χ3v) is 5.33. The van der Waals surface area contributed by atoms with Crippen LogP contribution in [0.2, 0.25) is 0 Å². The Bertz CT molecular complexity index is 946. The monoisotopic (exact) mass is 423 g/mol. The molecule has 7 heteroatoms. The molecule has 164 valence electrons. The number of urea groups is 1. The van der Waals surface area contributed by atoms with Crippen LogP contribution in [0.25, 0.3) is 0 Å². The Balaban J connectivity index is 1.79. The lowest BCUT2D eigenvalue weighted by atomic mass is 9.86. The molecule has 1 atom stereocenters. The van der Waals surface area contributed by atoms with E-state index in [0.29, 0.717) is 11.3 Å². The van der Waals surface area contributed by atoms with Crippen LogP contribution in [0.4, 0.5) is 4.79 Å². The first-order valence-corrected chi connectivity index (χ1v) is 10.3. The Kier molecular flexibility index (Phi) is 6.63. The molecule has 0 aromatic heterocycles. The minimum Gasteiger partial charge on any atom is -0.497 e. The fourth-order valence-corrected chi connectivity index (χ4v) is 3.40. The summed E-state index contributed by atoms with van der Waals surface area (Å²) in [5.74, 6) is 0.301. The Morgan fingerprint density at radius 1 is 1.10 bits per heavy atom. The first kappa shape index (κ1) is 22.3. The van der Waals surface area contributed by atoms with E-state index in [1.165, 1.54) is 10.5 Å². The van der Waals surface area contributed by atoms with Crippen molar-refractivity contribution in [3.63, 3.8) is 0 Å². The van der Waals surface area contributed by atoms with Crippen LogP contribution in [0.5, 0.6) is 5.75 Å². The van der Waals surface area contributed by atoms with Gasteiger partial charge in [0.25, 0.3) is 0 Å². The fraction of sp³-hybridized carbons (Fsp3) is 0.375. The van der Waals surface area contributed by atoms with E-state index >= 15 is 0 Å². The second kappa shape index (κ2) is 9.20. The van der Waals surface area contributed by atoms with Crippen LogP contribution in [0.3, 0.4) is 0 Å². The summed E-state index contributed by atoms with van der Waals surface area (Å²) in [4.78, 5) is 38.7. The Hall–Kier alpha value is -3.35. The van der Waals surface area contributed by atoms with Crippen molar-refractivity contribution in [3.05, 3.63) is 65.2 Å². The number of benzene rings is 2. The number of hydrogen-bond acceptors (Lipinski definition) is 4. The summed E-state index contributed by atoms with van der Waals surface area (Å²) >= 11 is 0. The molecule has 31 heavy (non-hydrogen) atoms. The molecule has 3 amide bonds. The fourth-order valence-electron chi connectivity index (χ4n) is 3.40. The summed E-state index contributed by atoms with van der Waals surface area (Å²) in [7, 11) is 1.57. The van der Waals surface area contributed by atoms with Crippen molar-refractivity contribution in [2.75, 3.05) is 20.3 Å². The average molecular weight is 424 g/mol. The van der Waals surface area contributed by atoms with Gasteiger partial charge in [-0.15, -0.1) is 0 Å². The maximum absolute atomic E-state index is 13.2. The number of nitrogens with one attached hydrogen (secondary N) is 2. The molecular weight excluding hydrogens is 394 g/mol. The first-order valence-electron chi connectivity index (χ1n) is 10.3. The summed E-state index contributed by atoms with van der Waals surface area (Å²) in [6.07, 6.45) is 0.179. The van der Waals surface area contributed by atoms with Gasteiger partial charge < -0.3 is 15.4 Å². The number of rotatable bonds is 6. The standard InChI is InChI=1S/C24H29N3O4/c1-24(2,3)18-9-5-16(6-10-18)13-20(28)22(17-7-11-19(31-4)12-8-17)26-23(30)27-14-21(29)25-15-27/h5-12,22H,13-15H2,1-4H3,(H,25,29)(H,26,30). The van der Waals surface area contributed by atoms with Crippen molar-refractivity contribution in [2.45, 2.75) is 38.6 Å². The molecule has 0 bridgehead atoms. The van der Waals surface area contributed by atoms with Gasteiger partial charge in [-0.25, -0.2) is 4.79 Å². The van der Waals surface area contributed by atoms with E-state index < -0.39 is 12.1 Å².